The summed E-state index contributed by atoms with van der Waals surface area (Å²) >= 11 is 0. The van der Waals surface area contributed by atoms with Gasteiger partial charge in [0.05, 0.1) is 6.42 Å². The molecule has 1 aromatic carbocycles. The number of likely N-dealkylation sites (tertiary alicyclic amines) is 1. The maximum atomic E-state index is 12.9. The van der Waals surface area contributed by atoms with E-state index < -0.39 is 0 Å². The minimum absolute atomic E-state index is 0.143. The standard InChI is InChI=1S/C16H23FN2O/c1-3-13-11-19(9-8-15(13)18-2)16(20)10-12-4-6-14(17)7-5-12/h4-7,13,15,18H,3,8-11H2,1-2H3. The minimum Gasteiger partial charge on any atom is -0.342 e. The lowest BCUT2D eigenvalue weighted by molar-refractivity contribution is -0.132. The van der Waals surface area contributed by atoms with Gasteiger partial charge in [-0.25, -0.2) is 4.39 Å². The van der Waals surface area contributed by atoms with Gasteiger partial charge in [-0.2, -0.15) is 0 Å². The minimum atomic E-state index is -0.262. The summed E-state index contributed by atoms with van der Waals surface area (Å²) in [6, 6.07) is 6.69. The second-order valence-electron chi connectivity index (χ2n) is 5.50. The fourth-order valence-corrected chi connectivity index (χ4v) is 2.94. The highest BCUT2D eigenvalue weighted by atomic mass is 19.1. The summed E-state index contributed by atoms with van der Waals surface area (Å²) in [5, 5.41) is 3.34. The van der Waals surface area contributed by atoms with Gasteiger partial charge in [0, 0.05) is 19.1 Å². The number of carbonyl (C=O) groups is 1. The molecule has 0 radical (unpaired) electrons. The lowest BCUT2D eigenvalue weighted by Crippen LogP contribution is -2.50. The van der Waals surface area contributed by atoms with Crippen LogP contribution in [0.15, 0.2) is 24.3 Å². The monoisotopic (exact) mass is 278 g/mol. The van der Waals surface area contributed by atoms with Gasteiger partial charge in [0.25, 0.3) is 0 Å². The molecule has 20 heavy (non-hydrogen) atoms. The number of hydrogen-bond donors (Lipinski definition) is 1. The molecule has 0 bridgehead atoms. The first-order chi connectivity index (χ1) is 9.63. The van der Waals surface area contributed by atoms with Crippen LogP contribution in [0, 0.1) is 11.7 Å². The van der Waals surface area contributed by atoms with Crippen LogP contribution in [0.3, 0.4) is 0 Å². The van der Waals surface area contributed by atoms with Crippen LogP contribution in [0.2, 0.25) is 0 Å². The molecule has 3 nitrogen and oxygen atoms in total. The van der Waals surface area contributed by atoms with E-state index in [-0.39, 0.29) is 11.7 Å². The molecule has 0 aromatic heterocycles. The first-order valence-electron chi connectivity index (χ1n) is 7.33. The van der Waals surface area contributed by atoms with Gasteiger partial charge in [-0.05, 0) is 37.1 Å². The predicted octanol–water partition coefficient (Wildman–Crippen LogP) is 2.21. The predicted molar refractivity (Wildman–Crippen MR) is 77.9 cm³/mol. The Morgan fingerprint density at radius 1 is 1.40 bits per heavy atom. The van der Waals surface area contributed by atoms with Crippen LogP contribution in [-0.4, -0.2) is 37.0 Å². The molecule has 2 atom stereocenters. The van der Waals surface area contributed by atoms with E-state index in [0.717, 1.165) is 31.5 Å². The first kappa shape index (κ1) is 15.0. The van der Waals surface area contributed by atoms with E-state index in [4.69, 9.17) is 0 Å². The van der Waals surface area contributed by atoms with Crippen LogP contribution in [0.1, 0.15) is 25.3 Å². The van der Waals surface area contributed by atoms with Crippen molar-refractivity contribution in [3.05, 3.63) is 35.6 Å². The van der Waals surface area contributed by atoms with Gasteiger partial charge in [0.2, 0.25) is 5.91 Å². The Morgan fingerprint density at radius 2 is 2.10 bits per heavy atom. The summed E-state index contributed by atoms with van der Waals surface area (Å²) in [6.45, 7) is 3.80. The number of carbonyl (C=O) groups excluding carboxylic acids is 1. The lowest BCUT2D eigenvalue weighted by Gasteiger charge is -2.38. The van der Waals surface area contributed by atoms with Crippen LogP contribution in [0.5, 0.6) is 0 Å². The Morgan fingerprint density at radius 3 is 2.70 bits per heavy atom. The third-order valence-corrected chi connectivity index (χ3v) is 4.25. The summed E-state index contributed by atoms with van der Waals surface area (Å²) in [5.74, 6) is 0.401. The number of nitrogens with one attached hydrogen (secondary N) is 1. The quantitative estimate of drug-likeness (QED) is 0.916. The SMILES string of the molecule is CCC1CN(C(=O)Cc2ccc(F)cc2)CCC1NC. The van der Waals surface area contributed by atoms with Crippen LogP contribution in [-0.2, 0) is 11.2 Å². The zero-order chi connectivity index (χ0) is 14.5. The van der Waals surface area contributed by atoms with E-state index in [2.05, 4.69) is 12.2 Å². The normalized spacial score (nSPS) is 22.9. The molecule has 0 aliphatic carbocycles. The van der Waals surface area contributed by atoms with Crippen LogP contribution in [0.25, 0.3) is 0 Å². The smallest absolute Gasteiger partial charge is 0.227 e. The van der Waals surface area contributed by atoms with Crippen LogP contribution < -0.4 is 5.32 Å². The van der Waals surface area contributed by atoms with Crippen molar-refractivity contribution < 1.29 is 9.18 Å². The summed E-state index contributed by atoms with van der Waals surface area (Å²) in [5.41, 5.74) is 0.875. The van der Waals surface area contributed by atoms with E-state index in [1.165, 1.54) is 12.1 Å². The number of nitrogens with zero attached hydrogens (tertiary/aromatic N) is 1. The van der Waals surface area contributed by atoms with Crippen molar-refractivity contribution in [1.82, 2.24) is 10.2 Å². The molecule has 1 aliphatic rings. The number of halogens is 1. The molecule has 1 amide bonds. The molecule has 4 heteroatoms. The number of hydrogen-bond acceptors (Lipinski definition) is 2. The number of benzene rings is 1. The first-order valence-corrected chi connectivity index (χ1v) is 7.33. The van der Waals surface area contributed by atoms with Gasteiger partial charge in [-0.1, -0.05) is 25.5 Å². The lowest BCUT2D eigenvalue weighted by atomic mass is 9.90. The molecular weight excluding hydrogens is 255 g/mol. The molecule has 1 aliphatic heterocycles. The van der Waals surface area contributed by atoms with Gasteiger partial charge < -0.3 is 10.2 Å². The average Bonchev–Trinajstić information content (AvgIpc) is 2.48. The van der Waals surface area contributed by atoms with E-state index in [9.17, 15) is 9.18 Å². The van der Waals surface area contributed by atoms with E-state index in [1.807, 2.05) is 11.9 Å². The van der Waals surface area contributed by atoms with Gasteiger partial charge >= 0.3 is 0 Å². The van der Waals surface area contributed by atoms with Crippen molar-refractivity contribution in [2.75, 3.05) is 20.1 Å². The largest absolute Gasteiger partial charge is 0.342 e. The third kappa shape index (κ3) is 3.57. The number of amides is 1. The summed E-state index contributed by atoms with van der Waals surface area (Å²) < 4.78 is 12.9. The summed E-state index contributed by atoms with van der Waals surface area (Å²) in [7, 11) is 1.99. The van der Waals surface area contributed by atoms with Crippen LogP contribution >= 0.6 is 0 Å². The fraction of sp³-hybridized carbons (Fsp3) is 0.562. The summed E-state index contributed by atoms with van der Waals surface area (Å²) in [4.78, 5) is 14.3. The zero-order valence-electron chi connectivity index (χ0n) is 12.2. The molecule has 2 unspecified atom stereocenters. The van der Waals surface area contributed by atoms with Crippen molar-refractivity contribution in [2.24, 2.45) is 5.92 Å². The molecule has 2 rings (SSSR count). The van der Waals surface area contributed by atoms with Crippen molar-refractivity contribution in [3.8, 4) is 0 Å². The number of rotatable bonds is 4. The average molecular weight is 278 g/mol. The van der Waals surface area contributed by atoms with Crippen molar-refractivity contribution >= 4 is 5.91 Å². The topological polar surface area (TPSA) is 32.3 Å². The Bertz CT molecular complexity index is 446. The number of piperidine rings is 1. The Balaban J connectivity index is 1.94. The Hall–Kier alpha value is -1.42. The van der Waals surface area contributed by atoms with Crippen molar-refractivity contribution in [3.63, 3.8) is 0 Å². The molecular formula is C16H23FN2O. The molecule has 1 saturated heterocycles. The van der Waals surface area contributed by atoms with Crippen molar-refractivity contribution in [1.29, 1.82) is 0 Å². The molecule has 110 valence electrons. The second kappa shape index (κ2) is 6.84. The second-order valence-corrected chi connectivity index (χ2v) is 5.50. The van der Waals surface area contributed by atoms with E-state index >= 15 is 0 Å². The Labute approximate surface area is 120 Å². The zero-order valence-corrected chi connectivity index (χ0v) is 12.2. The Kier molecular flexibility index (Phi) is 5.12. The maximum absolute atomic E-state index is 12.9. The molecule has 0 saturated carbocycles. The van der Waals surface area contributed by atoms with E-state index in [0.29, 0.717) is 18.4 Å². The summed E-state index contributed by atoms with van der Waals surface area (Å²) in [6.07, 6.45) is 2.44. The van der Waals surface area contributed by atoms with Gasteiger partial charge in [-0.3, -0.25) is 4.79 Å². The molecule has 1 heterocycles. The molecule has 1 aromatic rings. The molecule has 1 N–H and O–H groups in total. The van der Waals surface area contributed by atoms with Gasteiger partial charge in [0.15, 0.2) is 0 Å². The third-order valence-electron chi connectivity index (χ3n) is 4.25. The highest BCUT2D eigenvalue weighted by molar-refractivity contribution is 5.78. The van der Waals surface area contributed by atoms with Crippen molar-refractivity contribution in [2.45, 2.75) is 32.2 Å². The molecule has 1 fully saturated rings. The highest BCUT2D eigenvalue weighted by Gasteiger charge is 2.29. The van der Waals surface area contributed by atoms with Gasteiger partial charge in [-0.15, -0.1) is 0 Å². The van der Waals surface area contributed by atoms with Gasteiger partial charge in [0.1, 0.15) is 5.82 Å². The maximum Gasteiger partial charge on any atom is 0.227 e. The highest BCUT2D eigenvalue weighted by Crippen LogP contribution is 2.20. The fourth-order valence-electron chi connectivity index (χ4n) is 2.94. The van der Waals surface area contributed by atoms with E-state index in [1.54, 1.807) is 12.1 Å². The van der Waals surface area contributed by atoms with Crippen LogP contribution in [0.4, 0.5) is 4.39 Å². The molecule has 0 spiro atoms.